The number of rotatable bonds is 5. The van der Waals surface area contributed by atoms with E-state index in [0.717, 1.165) is 22.2 Å². The Morgan fingerprint density at radius 3 is 2.96 bits per heavy atom. The molecule has 0 bridgehead atoms. The highest BCUT2D eigenvalue weighted by molar-refractivity contribution is 7.99. The van der Waals surface area contributed by atoms with Crippen molar-refractivity contribution in [1.29, 1.82) is 0 Å². The number of fused-ring (bicyclic) bond motifs is 1. The summed E-state index contributed by atoms with van der Waals surface area (Å²) in [5.74, 6) is 0.634. The number of carboxylic acids is 1. The van der Waals surface area contributed by atoms with Crippen molar-refractivity contribution in [2.75, 3.05) is 18.6 Å². The zero-order valence-electron chi connectivity index (χ0n) is 12.7. The number of methoxy groups -OCH3 is 1. The van der Waals surface area contributed by atoms with Gasteiger partial charge in [-0.2, -0.15) is 11.8 Å². The van der Waals surface area contributed by atoms with Gasteiger partial charge in [-0.3, -0.25) is 4.79 Å². The molecule has 1 fully saturated rings. The molecule has 2 heterocycles. The zero-order chi connectivity index (χ0) is 16.4. The molecule has 1 aromatic heterocycles. The van der Waals surface area contributed by atoms with Crippen molar-refractivity contribution in [1.82, 2.24) is 10.3 Å². The van der Waals surface area contributed by atoms with Gasteiger partial charge in [-0.15, -0.1) is 0 Å². The van der Waals surface area contributed by atoms with Gasteiger partial charge >= 0.3 is 5.97 Å². The third-order valence-electron chi connectivity index (χ3n) is 4.14. The Hall–Kier alpha value is -2.15. The monoisotopic (exact) mass is 334 g/mol. The van der Waals surface area contributed by atoms with Crippen LogP contribution in [0.2, 0.25) is 0 Å². The fourth-order valence-corrected chi connectivity index (χ4v) is 4.13. The minimum atomic E-state index is -1.13. The molecule has 1 aliphatic heterocycles. The van der Waals surface area contributed by atoms with Crippen LogP contribution in [0.4, 0.5) is 0 Å². The number of carboxylic acid groups (broad SMARTS) is 1. The number of aromatic nitrogens is 1. The highest BCUT2D eigenvalue weighted by Crippen LogP contribution is 2.29. The van der Waals surface area contributed by atoms with Gasteiger partial charge in [-0.05, 0) is 35.9 Å². The summed E-state index contributed by atoms with van der Waals surface area (Å²) in [6.07, 6.45) is 2.37. The van der Waals surface area contributed by atoms with Crippen LogP contribution in [0, 0.1) is 0 Å². The fraction of sp³-hybridized carbons (Fsp3) is 0.375. The lowest BCUT2D eigenvalue weighted by molar-refractivity contribution is -0.146. The van der Waals surface area contributed by atoms with E-state index in [9.17, 15) is 14.7 Å². The van der Waals surface area contributed by atoms with Gasteiger partial charge < -0.3 is 20.1 Å². The maximum atomic E-state index is 12.3. The van der Waals surface area contributed by atoms with Crippen molar-refractivity contribution >= 4 is 34.5 Å². The summed E-state index contributed by atoms with van der Waals surface area (Å²) in [5.41, 5.74) is 0.603. The van der Waals surface area contributed by atoms with Gasteiger partial charge in [0.05, 0.1) is 13.5 Å². The number of nitrogens with one attached hydrogen (secondary N) is 2. The molecule has 1 saturated heterocycles. The first kappa shape index (κ1) is 15.7. The predicted molar refractivity (Wildman–Crippen MR) is 89.0 cm³/mol. The van der Waals surface area contributed by atoms with Crippen LogP contribution in [0.5, 0.6) is 5.75 Å². The number of aromatic amines is 1. The second kappa shape index (κ2) is 6.16. The zero-order valence-corrected chi connectivity index (χ0v) is 13.5. The van der Waals surface area contributed by atoms with E-state index in [0.29, 0.717) is 17.9 Å². The summed E-state index contributed by atoms with van der Waals surface area (Å²) in [4.78, 5) is 27.0. The second-order valence-corrected chi connectivity index (χ2v) is 6.75. The van der Waals surface area contributed by atoms with Crippen molar-refractivity contribution in [3.8, 4) is 5.75 Å². The summed E-state index contributed by atoms with van der Waals surface area (Å²) in [6, 6.07) is 5.60. The second-order valence-electron chi connectivity index (χ2n) is 5.64. The maximum absolute atomic E-state index is 12.3. The Morgan fingerprint density at radius 2 is 2.30 bits per heavy atom. The molecule has 1 aromatic carbocycles. The molecule has 1 atom stereocenters. The van der Waals surface area contributed by atoms with Gasteiger partial charge in [0.2, 0.25) is 5.91 Å². The molecule has 23 heavy (non-hydrogen) atoms. The average molecular weight is 334 g/mol. The van der Waals surface area contributed by atoms with Gasteiger partial charge in [-0.1, -0.05) is 0 Å². The topological polar surface area (TPSA) is 91.4 Å². The largest absolute Gasteiger partial charge is 0.497 e. The molecule has 122 valence electrons. The number of hydrogen-bond acceptors (Lipinski definition) is 4. The molecule has 1 aliphatic rings. The van der Waals surface area contributed by atoms with E-state index in [2.05, 4.69) is 10.3 Å². The molecule has 0 saturated carbocycles. The first-order valence-electron chi connectivity index (χ1n) is 7.30. The van der Waals surface area contributed by atoms with Gasteiger partial charge in [-0.25, -0.2) is 4.79 Å². The van der Waals surface area contributed by atoms with Crippen LogP contribution in [0.25, 0.3) is 10.9 Å². The molecule has 2 aromatic rings. The van der Waals surface area contributed by atoms with E-state index in [1.807, 2.05) is 18.2 Å². The quantitative estimate of drug-likeness (QED) is 0.775. The Morgan fingerprint density at radius 1 is 1.48 bits per heavy atom. The molecule has 3 N–H and O–H groups in total. The van der Waals surface area contributed by atoms with Gasteiger partial charge in [0.1, 0.15) is 11.3 Å². The molecule has 0 aliphatic carbocycles. The molecule has 0 radical (unpaired) electrons. The standard InChI is InChI=1S/C16H18N2O4S/c1-22-11-2-3-13-12(7-11)10(8-17-13)6-14(19)18-16(15(20)21)4-5-23-9-16/h2-3,7-8,17H,4-6,9H2,1H3,(H,18,19)(H,20,21). The number of carbonyl (C=O) groups is 2. The lowest BCUT2D eigenvalue weighted by Crippen LogP contribution is -2.55. The Balaban J connectivity index is 1.79. The van der Waals surface area contributed by atoms with Crippen LogP contribution in [0.1, 0.15) is 12.0 Å². The number of thioether (sulfide) groups is 1. The van der Waals surface area contributed by atoms with Crippen molar-refractivity contribution < 1.29 is 19.4 Å². The normalized spacial score (nSPS) is 20.6. The van der Waals surface area contributed by atoms with Crippen molar-refractivity contribution in [3.63, 3.8) is 0 Å². The van der Waals surface area contributed by atoms with Crippen LogP contribution >= 0.6 is 11.8 Å². The third-order valence-corrected chi connectivity index (χ3v) is 5.33. The number of H-pyrrole nitrogens is 1. The molecular weight excluding hydrogens is 316 g/mol. The van der Waals surface area contributed by atoms with E-state index in [-0.39, 0.29) is 12.3 Å². The average Bonchev–Trinajstić information content (AvgIpc) is 3.15. The van der Waals surface area contributed by atoms with E-state index in [1.165, 1.54) is 0 Å². The maximum Gasteiger partial charge on any atom is 0.330 e. The van der Waals surface area contributed by atoms with E-state index in [1.54, 1.807) is 25.1 Å². The van der Waals surface area contributed by atoms with Gasteiger partial charge in [0, 0.05) is 22.9 Å². The Labute approximate surface area is 137 Å². The summed E-state index contributed by atoms with van der Waals surface area (Å²) in [6.45, 7) is 0. The number of carbonyl (C=O) groups excluding carboxylic acids is 1. The molecule has 1 amide bonds. The number of aliphatic carboxylic acids is 1. The number of ether oxygens (including phenoxy) is 1. The summed E-state index contributed by atoms with van der Waals surface area (Å²) in [7, 11) is 1.59. The predicted octanol–water partition coefficient (Wildman–Crippen LogP) is 1.80. The Bertz CT molecular complexity index is 750. The third kappa shape index (κ3) is 3.01. The van der Waals surface area contributed by atoms with Crippen LogP contribution in [-0.4, -0.2) is 46.1 Å². The lowest BCUT2D eigenvalue weighted by Gasteiger charge is -2.24. The summed E-state index contributed by atoms with van der Waals surface area (Å²) in [5, 5.41) is 13.1. The minimum Gasteiger partial charge on any atom is -0.497 e. The summed E-state index contributed by atoms with van der Waals surface area (Å²) < 4.78 is 5.21. The van der Waals surface area contributed by atoms with Crippen molar-refractivity contribution in [2.24, 2.45) is 0 Å². The first-order chi connectivity index (χ1) is 11.0. The highest BCUT2D eigenvalue weighted by Gasteiger charge is 2.43. The molecule has 7 heteroatoms. The SMILES string of the molecule is COc1ccc2[nH]cc(CC(=O)NC3(C(=O)O)CCSC3)c2c1. The number of hydrogen-bond donors (Lipinski definition) is 3. The minimum absolute atomic E-state index is 0.132. The fourth-order valence-electron chi connectivity index (χ4n) is 2.80. The molecule has 1 unspecified atom stereocenters. The Kier molecular flexibility index (Phi) is 4.21. The van der Waals surface area contributed by atoms with Crippen molar-refractivity contribution in [3.05, 3.63) is 30.0 Å². The van der Waals surface area contributed by atoms with Crippen LogP contribution in [0.3, 0.4) is 0 Å². The van der Waals surface area contributed by atoms with Gasteiger partial charge in [0.25, 0.3) is 0 Å². The van der Waals surface area contributed by atoms with Gasteiger partial charge in [0.15, 0.2) is 0 Å². The lowest BCUT2D eigenvalue weighted by atomic mass is 9.98. The van der Waals surface area contributed by atoms with Crippen LogP contribution in [0.15, 0.2) is 24.4 Å². The van der Waals surface area contributed by atoms with Crippen LogP contribution < -0.4 is 10.1 Å². The van der Waals surface area contributed by atoms with E-state index >= 15 is 0 Å². The first-order valence-corrected chi connectivity index (χ1v) is 8.46. The smallest absolute Gasteiger partial charge is 0.330 e. The van der Waals surface area contributed by atoms with Crippen molar-refractivity contribution in [2.45, 2.75) is 18.4 Å². The van der Waals surface area contributed by atoms with E-state index in [4.69, 9.17) is 4.74 Å². The van der Waals surface area contributed by atoms with E-state index < -0.39 is 11.5 Å². The number of benzene rings is 1. The summed E-state index contributed by atoms with van der Waals surface area (Å²) >= 11 is 1.55. The molecule has 3 rings (SSSR count). The number of amides is 1. The molecular formula is C16H18N2O4S. The molecule has 6 nitrogen and oxygen atoms in total. The van der Waals surface area contributed by atoms with Crippen LogP contribution in [-0.2, 0) is 16.0 Å². The molecule has 0 spiro atoms. The highest BCUT2D eigenvalue weighted by atomic mass is 32.2.